The molecule has 0 spiro atoms. The van der Waals surface area contributed by atoms with Gasteiger partial charge in [-0.05, 0) is 12.8 Å². The van der Waals surface area contributed by atoms with Gasteiger partial charge in [-0.15, -0.1) is 0 Å². The number of hydrogen-bond donors (Lipinski definition) is 1. The topological polar surface area (TPSA) is 86.5 Å². The van der Waals surface area contributed by atoms with E-state index in [2.05, 4.69) is 4.98 Å². The summed E-state index contributed by atoms with van der Waals surface area (Å²) < 4.78 is 6.43. The number of fused-ring (bicyclic) bond motifs is 3. The van der Waals surface area contributed by atoms with E-state index in [0.717, 1.165) is 21.5 Å². The Morgan fingerprint density at radius 3 is 2.43 bits per heavy atom. The van der Waals surface area contributed by atoms with Gasteiger partial charge in [0.05, 0.1) is 11.4 Å². The Kier molecular flexibility index (Phi) is 4.43. The van der Waals surface area contributed by atoms with Gasteiger partial charge in [-0.25, -0.2) is 4.79 Å². The quantitative estimate of drug-likeness (QED) is 0.565. The number of aliphatic hydroxyl groups is 1. The fourth-order valence-electron chi connectivity index (χ4n) is 3.87. The zero-order valence-corrected chi connectivity index (χ0v) is 16.2. The highest BCUT2D eigenvalue weighted by atomic mass is 16.3. The predicted molar refractivity (Wildman–Crippen MR) is 108 cm³/mol. The van der Waals surface area contributed by atoms with Crippen molar-refractivity contribution in [2.45, 2.75) is 26.3 Å². The monoisotopic (exact) mass is 381 g/mol. The number of aryl methyl sites for hydroxylation is 3. The number of aromatic nitrogens is 5. The number of aliphatic hydroxyl groups excluding tert-OH is 1. The third-order valence-corrected chi connectivity index (χ3v) is 5.22. The summed E-state index contributed by atoms with van der Waals surface area (Å²) in [7, 11) is 3.11. The van der Waals surface area contributed by atoms with Gasteiger partial charge in [0, 0.05) is 32.8 Å². The van der Waals surface area contributed by atoms with Crippen LogP contribution in [0.15, 0.2) is 39.9 Å². The number of benzene rings is 1. The van der Waals surface area contributed by atoms with Crippen LogP contribution in [0.1, 0.15) is 19.0 Å². The highest BCUT2D eigenvalue weighted by Gasteiger charge is 2.24. The zero-order valence-electron chi connectivity index (χ0n) is 16.2. The molecule has 146 valence electrons. The Bertz CT molecular complexity index is 1290. The second kappa shape index (κ2) is 6.79. The summed E-state index contributed by atoms with van der Waals surface area (Å²) in [5.41, 5.74) is 2.97. The Hall–Kier alpha value is -3.13. The van der Waals surface area contributed by atoms with E-state index in [4.69, 9.17) is 0 Å². The van der Waals surface area contributed by atoms with Crippen LogP contribution in [-0.4, -0.2) is 34.8 Å². The Morgan fingerprint density at radius 1 is 1.07 bits per heavy atom. The Morgan fingerprint density at radius 2 is 1.79 bits per heavy atom. The first-order valence-corrected chi connectivity index (χ1v) is 9.37. The fourth-order valence-corrected chi connectivity index (χ4v) is 3.87. The minimum atomic E-state index is -0.401. The maximum Gasteiger partial charge on any atom is 0.332 e. The highest BCUT2D eigenvalue weighted by Crippen LogP contribution is 2.30. The van der Waals surface area contributed by atoms with Crippen molar-refractivity contribution in [3.05, 3.63) is 56.9 Å². The molecule has 0 aliphatic carbocycles. The normalized spacial score (nSPS) is 11.7. The lowest BCUT2D eigenvalue weighted by molar-refractivity contribution is 0.280. The van der Waals surface area contributed by atoms with E-state index in [1.807, 2.05) is 46.2 Å². The van der Waals surface area contributed by atoms with E-state index in [-0.39, 0.29) is 12.2 Å². The van der Waals surface area contributed by atoms with Crippen LogP contribution in [0.25, 0.3) is 28.2 Å². The minimum absolute atomic E-state index is 0.0561. The van der Waals surface area contributed by atoms with Gasteiger partial charge in [0.2, 0.25) is 5.78 Å². The third-order valence-electron chi connectivity index (χ3n) is 5.22. The van der Waals surface area contributed by atoms with E-state index in [1.165, 1.54) is 11.6 Å². The van der Waals surface area contributed by atoms with Crippen LogP contribution in [-0.2, 0) is 27.1 Å². The van der Waals surface area contributed by atoms with Crippen molar-refractivity contribution in [3.63, 3.8) is 0 Å². The molecule has 3 heterocycles. The number of imidazole rings is 2. The Balaban J connectivity index is 2.22. The summed E-state index contributed by atoms with van der Waals surface area (Å²) >= 11 is 0. The molecule has 0 saturated heterocycles. The molecular formula is C20H23N5O3. The van der Waals surface area contributed by atoms with E-state index in [0.29, 0.717) is 36.3 Å². The average Bonchev–Trinajstić information content (AvgIpc) is 3.24. The molecule has 0 bridgehead atoms. The highest BCUT2D eigenvalue weighted by molar-refractivity contribution is 5.80. The van der Waals surface area contributed by atoms with Gasteiger partial charge in [0.15, 0.2) is 11.2 Å². The maximum atomic E-state index is 13.0. The van der Waals surface area contributed by atoms with E-state index < -0.39 is 5.69 Å². The number of rotatable bonds is 5. The second-order valence-electron chi connectivity index (χ2n) is 6.87. The zero-order chi connectivity index (χ0) is 20.0. The van der Waals surface area contributed by atoms with E-state index >= 15 is 0 Å². The molecule has 1 aromatic carbocycles. The van der Waals surface area contributed by atoms with Crippen molar-refractivity contribution in [3.8, 4) is 11.3 Å². The van der Waals surface area contributed by atoms with Crippen molar-refractivity contribution < 1.29 is 5.11 Å². The summed E-state index contributed by atoms with van der Waals surface area (Å²) in [5.74, 6) is 0.609. The lowest BCUT2D eigenvalue weighted by Crippen LogP contribution is -2.37. The molecule has 8 nitrogen and oxygen atoms in total. The molecule has 4 aromatic rings. The fraction of sp³-hybridized carbons (Fsp3) is 0.350. The summed E-state index contributed by atoms with van der Waals surface area (Å²) in [6, 6.07) is 9.96. The van der Waals surface area contributed by atoms with Crippen LogP contribution in [0, 0.1) is 0 Å². The molecule has 0 amide bonds. The van der Waals surface area contributed by atoms with Crippen LogP contribution in [0.3, 0.4) is 0 Å². The lowest BCUT2D eigenvalue weighted by atomic mass is 10.1. The van der Waals surface area contributed by atoms with Crippen LogP contribution in [0.2, 0.25) is 0 Å². The van der Waals surface area contributed by atoms with Gasteiger partial charge in [-0.3, -0.25) is 18.3 Å². The summed E-state index contributed by atoms with van der Waals surface area (Å²) in [4.78, 5) is 30.0. The molecule has 0 unspecified atom stereocenters. The molecule has 28 heavy (non-hydrogen) atoms. The average molecular weight is 381 g/mol. The largest absolute Gasteiger partial charge is 0.396 e. The van der Waals surface area contributed by atoms with Crippen molar-refractivity contribution in [2.75, 3.05) is 6.61 Å². The minimum Gasteiger partial charge on any atom is -0.396 e. The summed E-state index contributed by atoms with van der Waals surface area (Å²) in [5, 5.41) is 9.39. The van der Waals surface area contributed by atoms with Crippen molar-refractivity contribution in [2.24, 2.45) is 14.1 Å². The molecule has 0 radical (unpaired) electrons. The van der Waals surface area contributed by atoms with Crippen molar-refractivity contribution >= 4 is 16.9 Å². The van der Waals surface area contributed by atoms with Crippen LogP contribution in [0.5, 0.6) is 0 Å². The SMILES string of the molecule is CCc1c(-c2ccccc2)n(CCCO)c2nc3c(c(=O)n(C)c(=O)n3C)n12. The Labute approximate surface area is 160 Å². The van der Waals surface area contributed by atoms with Gasteiger partial charge < -0.3 is 9.67 Å². The van der Waals surface area contributed by atoms with Crippen LogP contribution in [0.4, 0.5) is 0 Å². The smallest absolute Gasteiger partial charge is 0.332 e. The number of nitrogens with zero attached hydrogens (tertiary/aromatic N) is 5. The third kappa shape index (κ3) is 2.45. The van der Waals surface area contributed by atoms with Crippen LogP contribution >= 0.6 is 0 Å². The molecule has 0 fully saturated rings. The molecule has 3 aromatic heterocycles. The van der Waals surface area contributed by atoms with Gasteiger partial charge in [-0.1, -0.05) is 37.3 Å². The number of hydrogen-bond acceptors (Lipinski definition) is 4. The maximum absolute atomic E-state index is 13.0. The van der Waals surface area contributed by atoms with Crippen molar-refractivity contribution in [1.82, 2.24) is 23.1 Å². The first kappa shape index (κ1) is 18.2. The first-order chi connectivity index (χ1) is 13.5. The van der Waals surface area contributed by atoms with E-state index in [1.54, 1.807) is 7.05 Å². The molecule has 0 atom stereocenters. The summed E-state index contributed by atoms with van der Waals surface area (Å²) in [6.45, 7) is 2.65. The molecule has 8 heteroatoms. The molecular weight excluding hydrogens is 358 g/mol. The van der Waals surface area contributed by atoms with Crippen LogP contribution < -0.4 is 11.2 Å². The van der Waals surface area contributed by atoms with Gasteiger partial charge in [-0.2, -0.15) is 4.98 Å². The second-order valence-corrected chi connectivity index (χ2v) is 6.87. The summed E-state index contributed by atoms with van der Waals surface area (Å²) in [6.07, 6.45) is 1.25. The van der Waals surface area contributed by atoms with Gasteiger partial charge in [0.1, 0.15) is 0 Å². The molecule has 4 rings (SSSR count). The molecule has 0 aliphatic heterocycles. The first-order valence-electron chi connectivity index (χ1n) is 9.37. The van der Waals surface area contributed by atoms with Crippen molar-refractivity contribution in [1.29, 1.82) is 0 Å². The lowest BCUT2D eigenvalue weighted by Gasteiger charge is -2.10. The molecule has 0 saturated carbocycles. The molecule has 0 aliphatic rings. The predicted octanol–water partition coefficient (Wildman–Crippen LogP) is 1.30. The molecule has 1 N–H and O–H groups in total. The van der Waals surface area contributed by atoms with Gasteiger partial charge in [0.25, 0.3) is 5.56 Å². The van der Waals surface area contributed by atoms with Gasteiger partial charge >= 0.3 is 5.69 Å². The van der Waals surface area contributed by atoms with E-state index in [9.17, 15) is 14.7 Å². The standard InChI is InChI=1S/C20H23N5O3/c1-4-14-15(13-9-6-5-7-10-13)24(11-8-12-26)19-21-17-16(25(14)19)18(27)23(3)20(28)22(17)2/h5-7,9-10,26H,4,8,11-12H2,1-3H3.